The Kier molecular flexibility index (Phi) is 5.33. The summed E-state index contributed by atoms with van der Waals surface area (Å²) in [5.41, 5.74) is 3.96. The standard InChI is InChI=1S/C28H30O2/c1-19(20-13-14-20)7-2-5-12-27(21-15-16-21)30-28(29)25-11-6-10-24-17-22-8-3-4-9-23(22)18-26(24)25/h3-4,6,8-11,17-18,21,27H,2,5,7,12-16H2,1H3. The number of allylic oxidation sites excluding steroid dienone is 2. The Morgan fingerprint density at radius 2 is 1.70 bits per heavy atom. The molecule has 2 saturated carbocycles. The third kappa shape index (κ3) is 4.28. The van der Waals surface area contributed by atoms with Crippen molar-refractivity contribution in [3.8, 4) is 0 Å². The first-order valence-electron chi connectivity index (χ1n) is 11.5. The molecule has 0 aromatic heterocycles. The molecule has 154 valence electrons. The van der Waals surface area contributed by atoms with Crippen molar-refractivity contribution in [2.24, 2.45) is 5.92 Å². The molecule has 0 radical (unpaired) electrons. The van der Waals surface area contributed by atoms with Crippen LogP contribution in [0, 0.1) is 5.92 Å². The van der Waals surface area contributed by atoms with Crippen molar-refractivity contribution in [1.29, 1.82) is 0 Å². The summed E-state index contributed by atoms with van der Waals surface area (Å²) in [5.74, 6) is 0.400. The summed E-state index contributed by atoms with van der Waals surface area (Å²) >= 11 is 0. The highest BCUT2D eigenvalue weighted by Gasteiger charge is 2.34. The molecule has 5 rings (SSSR count). The molecule has 3 aromatic rings. The molecular formula is C28H30O2. The first-order valence-corrected chi connectivity index (χ1v) is 11.5. The molecule has 1 unspecified atom stereocenters. The van der Waals surface area contributed by atoms with Gasteiger partial charge in [-0.3, -0.25) is 0 Å². The topological polar surface area (TPSA) is 26.3 Å². The van der Waals surface area contributed by atoms with Crippen LogP contribution in [0.5, 0.6) is 0 Å². The fourth-order valence-corrected chi connectivity index (χ4v) is 4.61. The van der Waals surface area contributed by atoms with Gasteiger partial charge in [0.05, 0.1) is 5.56 Å². The van der Waals surface area contributed by atoms with Crippen LogP contribution >= 0.6 is 0 Å². The van der Waals surface area contributed by atoms with Crippen molar-refractivity contribution >= 4 is 27.5 Å². The lowest BCUT2D eigenvalue weighted by Crippen LogP contribution is -2.20. The van der Waals surface area contributed by atoms with Gasteiger partial charge in [-0.15, -0.1) is 0 Å². The van der Waals surface area contributed by atoms with Crippen LogP contribution in [0.3, 0.4) is 0 Å². The van der Waals surface area contributed by atoms with Crippen molar-refractivity contribution in [2.75, 3.05) is 0 Å². The van der Waals surface area contributed by atoms with Gasteiger partial charge >= 0.3 is 5.97 Å². The molecule has 2 nitrogen and oxygen atoms in total. The van der Waals surface area contributed by atoms with Crippen LogP contribution in [0.1, 0.15) is 68.6 Å². The highest BCUT2D eigenvalue weighted by molar-refractivity contribution is 6.09. The highest BCUT2D eigenvalue weighted by atomic mass is 16.5. The zero-order valence-corrected chi connectivity index (χ0v) is 17.8. The normalized spacial score (nSPS) is 16.6. The minimum absolute atomic E-state index is 0.0714. The Morgan fingerprint density at radius 1 is 0.967 bits per heavy atom. The van der Waals surface area contributed by atoms with Gasteiger partial charge in [-0.25, -0.2) is 4.79 Å². The summed E-state index contributed by atoms with van der Waals surface area (Å²) in [7, 11) is 0. The number of hydrogen-bond acceptors (Lipinski definition) is 2. The number of hydrogen-bond donors (Lipinski definition) is 0. The van der Waals surface area contributed by atoms with Crippen LogP contribution in [0.4, 0.5) is 0 Å². The predicted octanol–water partition coefficient (Wildman–Crippen LogP) is 7.60. The van der Waals surface area contributed by atoms with Crippen molar-refractivity contribution in [3.05, 3.63) is 71.3 Å². The summed E-state index contributed by atoms with van der Waals surface area (Å²) in [6, 6.07) is 18.6. The fraction of sp³-hybridized carbons (Fsp3) is 0.393. The van der Waals surface area contributed by atoms with E-state index in [1.807, 2.05) is 18.2 Å². The van der Waals surface area contributed by atoms with E-state index in [4.69, 9.17) is 4.74 Å². The molecule has 0 aliphatic heterocycles. The Bertz CT molecular complexity index is 1110. The zero-order valence-electron chi connectivity index (χ0n) is 17.8. The maximum atomic E-state index is 13.1. The quantitative estimate of drug-likeness (QED) is 0.169. The van der Waals surface area contributed by atoms with Gasteiger partial charge in [0, 0.05) is 0 Å². The van der Waals surface area contributed by atoms with Crippen LogP contribution < -0.4 is 0 Å². The summed E-state index contributed by atoms with van der Waals surface area (Å²) in [6.07, 6.45) is 9.63. The summed E-state index contributed by atoms with van der Waals surface area (Å²) < 4.78 is 6.10. The first kappa shape index (κ1) is 19.4. The second-order valence-electron chi connectivity index (χ2n) is 9.14. The third-order valence-corrected chi connectivity index (χ3v) is 6.77. The summed E-state index contributed by atoms with van der Waals surface area (Å²) in [4.78, 5) is 13.1. The minimum atomic E-state index is -0.163. The molecule has 3 aromatic carbocycles. The lowest BCUT2D eigenvalue weighted by molar-refractivity contribution is 0.0221. The Labute approximate surface area is 178 Å². The van der Waals surface area contributed by atoms with Crippen LogP contribution in [-0.4, -0.2) is 12.1 Å². The lowest BCUT2D eigenvalue weighted by atomic mass is 9.99. The number of fused-ring (bicyclic) bond motifs is 2. The van der Waals surface area contributed by atoms with Gasteiger partial charge in [-0.2, -0.15) is 0 Å². The lowest BCUT2D eigenvalue weighted by Gasteiger charge is -2.18. The molecule has 2 aliphatic carbocycles. The number of benzene rings is 3. The van der Waals surface area contributed by atoms with Gasteiger partial charge in [0.1, 0.15) is 6.10 Å². The molecule has 2 fully saturated rings. The van der Waals surface area contributed by atoms with Gasteiger partial charge in [-0.1, -0.05) is 47.5 Å². The number of unbranched alkanes of at least 4 members (excludes halogenated alkanes) is 1. The third-order valence-electron chi connectivity index (χ3n) is 6.77. The maximum Gasteiger partial charge on any atom is 0.339 e. The maximum absolute atomic E-state index is 13.1. The fourth-order valence-electron chi connectivity index (χ4n) is 4.61. The highest BCUT2D eigenvalue weighted by Crippen LogP contribution is 2.38. The summed E-state index contributed by atoms with van der Waals surface area (Å²) in [6.45, 7) is 2.28. The molecule has 0 heterocycles. The van der Waals surface area contributed by atoms with Crippen LogP contribution in [0.15, 0.2) is 65.7 Å². The molecular weight excluding hydrogens is 368 g/mol. The minimum Gasteiger partial charge on any atom is -0.458 e. The molecule has 30 heavy (non-hydrogen) atoms. The second-order valence-corrected chi connectivity index (χ2v) is 9.14. The largest absolute Gasteiger partial charge is 0.458 e. The number of carbonyl (C=O) groups excluding carboxylic acids is 1. The molecule has 2 aliphatic rings. The van der Waals surface area contributed by atoms with Gasteiger partial charge in [0.2, 0.25) is 0 Å². The van der Waals surface area contributed by atoms with Crippen molar-refractivity contribution in [3.63, 3.8) is 0 Å². The number of ether oxygens (including phenoxy) is 1. The number of carbonyl (C=O) groups is 1. The Balaban J connectivity index is 1.30. The van der Waals surface area contributed by atoms with Crippen LogP contribution in [0.2, 0.25) is 0 Å². The zero-order chi connectivity index (χ0) is 20.5. The molecule has 1 atom stereocenters. The first-order chi connectivity index (χ1) is 14.7. The van der Waals surface area contributed by atoms with Gasteiger partial charge in [-0.05, 0) is 104 Å². The van der Waals surface area contributed by atoms with Crippen LogP contribution in [0.25, 0.3) is 21.5 Å². The van der Waals surface area contributed by atoms with Crippen molar-refractivity contribution in [2.45, 2.75) is 64.4 Å². The van der Waals surface area contributed by atoms with E-state index < -0.39 is 0 Å². The Hall–Kier alpha value is -2.61. The molecule has 0 amide bonds. The monoisotopic (exact) mass is 398 g/mol. The van der Waals surface area contributed by atoms with Gasteiger partial charge < -0.3 is 4.74 Å². The SMILES string of the molecule is CC(CCCCC(OC(=O)c1cccc2cc3ccccc3cc12)C1CC1)=C1CC1. The van der Waals surface area contributed by atoms with E-state index in [0.717, 1.165) is 29.0 Å². The molecule has 0 saturated heterocycles. The van der Waals surface area contributed by atoms with E-state index in [1.54, 1.807) is 11.1 Å². The summed E-state index contributed by atoms with van der Waals surface area (Å²) in [5, 5.41) is 4.43. The molecule has 0 bridgehead atoms. The molecule has 2 heteroatoms. The average molecular weight is 399 g/mol. The predicted molar refractivity (Wildman–Crippen MR) is 124 cm³/mol. The Morgan fingerprint density at radius 3 is 2.43 bits per heavy atom. The van der Waals surface area contributed by atoms with E-state index in [9.17, 15) is 4.79 Å². The molecule has 0 spiro atoms. The second kappa shape index (κ2) is 8.26. The van der Waals surface area contributed by atoms with Crippen LogP contribution in [-0.2, 0) is 4.74 Å². The average Bonchev–Trinajstić information content (AvgIpc) is 3.65. The van der Waals surface area contributed by atoms with E-state index in [0.29, 0.717) is 11.5 Å². The van der Waals surface area contributed by atoms with E-state index in [-0.39, 0.29) is 12.1 Å². The smallest absolute Gasteiger partial charge is 0.339 e. The van der Waals surface area contributed by atoms with Gasteiger partial charge in [0.15, 0.2) is 0 Å². The number of esters is 1. The van der Waals surface area contributed by atoms with Gasteiger partial charge in [0.25, 0.3) is 0 Å². The van der Waals surface area contributed by atoms with E-state index in [2.05, 4.69) is 43.3 Å². The van der Waals surface area contributed by atoms with Crippen molar-refractivity contribution < 1.29 is 9.53 Å². The molecule has 0 N–H and O–H groups in total. The van der Waals surface area contributed by atoms with E-state index in [1.165, 1.54) is 43.9 Å². The van der Waals surface area contributed by atoms with Crippen molar-refractivity contribution in [1.82, 2.24) is 0 Å². The number of rotatable bonds is 8. The van der Waals surface area contributed by atoms with E-state index >= 15 is 0 Å².